The van der Waals surface area contributed by atoms with Gasteiger partial charge in [-0.15, -0.1) is 0 Å². The lowest BCUT2D eigenvalue weighted by Gasteiger charge is -2.17. The fourth-order valence-corrected chi connectivity index (χ4v) is 4.06. The number of hydrogen-bond acceptors (Lipinski definition) is 6. The molecule has 0 amide bonds. The van der Waals surface area contributed by atoms with Gasteiger partial charge in [-0.1, -0.05) is 42.3 Å². The second-order valence-electron chi connectivity index (χ2n) is 8.06. The van der Waals surface area contributed by atoms with Gasteiger partial charge in [0.1, 0.15) is 23.9 Å². The van der Waals surface area contributed by atoms with Crippen LogP contribution in [-0.4, -0.2) is 35.5 Å². The monoisotopic (exact) mass is 450 g/mol. The van der Waals surface area contributed by atoms with Crippen LogP contribution >= 0.6 is 0 Å². The summed E-state index contributed by atoms with van der Waals surface area (Å²) in [7, 11) is 0. The molecule has 0 aliphatic carbocycles. The van der Waals surface area contributed by atoms with E-state index in [1.807, 2.05) is 61.5 Å². The van der Waals surface area contributed by atoms with Gasteiger partial charge in [-0.05, 0) is 48.9 Å². The molecule has 0 radical (unpaired) electrons. The summed E-state index contributed by atoms with van der Waals surface area (Å²) in [5.41, 5.74) is 9.39. The van der Waals surface area contributed by atoms with Crippen LogP contribution in [0.4, 0.5) is 5.82 Å². The number of aromatic nitrogens is 5. The lowest BCUT2D eigenvalue weighted by molar-refractivity contribution is 0.253. The Morgan fingerprint density at radius 3 is 2.68 bits per heavy atom. The van der Waals surface area contributed by atoms with Crippen LogP contribution in [0.1, 0.15) is 23.9 Å². The van der Waals surface area contributed by atoms with E-state index in [0.29, 0.717) is 22.1 Å². The molecule has 5 rings (SSSR count). The quantitative estimate of drug-likeness (QED) is 0.409. The van der Waals surface area contributed by atoms with Gasteiger partial charge < -0.3 is 10.8 Å². The molecule has 0 bridgehead atoms. The van der Waals surface area contributed by atoms with E-state index in [-0.39, 0.29) is 17.9 Å². The minimum Gasteiger partial charge on any atom is -0.383 e. The number of benzene rings is 2. The fraction of sp³-hybridized carbons (Fsp3) is 0.154. The van der Waals surface area contributed by atoms with Crippen LogP contribution in [-0.2, 0) is 6.54 Å². The summed E-state index contributed by atoms with van der Waals surface area (Å²) in [6, 6.07) is 17.3. The molecule has 0 aliphatic heterocycles. The number of nitrogens with two attached hydrogens (primary N) is 1. The molecule has 0 aliphatic rings. The van der Waals surface area contributed by atoms with E-state index in [4.69, 9.17) is 5.73 Å². The summed E-state index contributed by atoms with van der Waals surface area (Å²) in [5, 5.41) is 16.2. The van der Waals surface area contributed by atoms with Crippen LogP contribution in [0.5, 0.6) is 0 Å². The topological polar surface area (TPSA) is 112 Å². The molecule has 34 heavy (non-hydrogen) atoms. The van der Waals surface area contributed by atoms with Crippen LogP contribution in [0.3, 0.4) is 0 Å². The maximum absolute atomic E-state index is 13.6. The van der Waals surface area contributed by atoms with E-state index in [1.54, 1.807) is 16.2 Å². The Kier molecular flexibility index (Phi) is 5.32. The molecular formula is C26H22N6O2. The van der Waals surface area contributed by atoms with E-state index in [2.05, 4.69) is 26.9 Å². The van der Waals surface area contributed by atoms with Crippen molar-refractivity contribution in [2.45, 2.75) is 26.5 Å². The van der Waals surface area contributed by atoms with Crippen LogP contribution < -0.4 is 11.3 Å². The van der Waals surface area contributed by atoms with Gasteiger partial charge >= 0.3 is 0 Å². The molecule has 0 unspecified atom stereocenters. The number of aliphatic hydroxyl groups excluding tert-OH is 1. The minimum atomic E-state index is -0.822. The highest BCUT2D eigenvalue weighted by Crippen LogP contribution is 2.24. The van der Waals surface area contributed by atoms with Gasteiger partial charge in [-0.3, -0.25) is 9.36 Å². The summed E-state index contributed by atoms with van der Waals surface area (Å²) in [6.45, 7) is 3.79. The number of aryl methyl sites for hydroxylation is 1. The van der Waals surface area contributed by atoms with Crippen molar-refractivity contribution in [3.8, 4) is 17.5 Å². The molecule has 168 valence electrons. The normalized spacial score (nSPS) is 12.0. The summed E-state index contributed by atoms with van der Waals surface area (Å²) < 4.78 is 3.38. The van der Waals surface area contributed by atoms with Gasteiger partial charge in [-0.25, -0.2) is 14.6 Å². The number of aliphatic hydroxyl groups is 1. The first-order valence-electron chi connectivity index (χ1n) is 10.8. The van der Waals surface area contributed by atoms with Crippen molar-refractivity contribution in [2.24, 2.45) is 0 Å². The number of para-hydroxylation sites is 1. The first kappa shape index (κ1) is 21.4. The molecule has 8 heteroatoms. The second-order valence-corrected chi connectivity index (χ2v) is 8.06. The lowest BCUT2D eigenvalue weighted by atomic mass is 10.1. The Morgan fingerprint density at radius 1 is 1.12 bits per heavy atom. The van der Waals surface area contributed by atoms with Crippen molar-refractivity contribution in [2.75, 3.05) is 5.73 Å². The molecule has 1 atom stereocenters. The number of anilines is 1. The standard InChI is InChI=1S/C26H22N6O2/c1-16-7-3-6-10-22(16)32-19(13-18-8-4-5-9-20(18)26(32)34)14-31-25-23(24(27)28-15-29-25)21(30-31)12-11-17(2)33/h3-10,13,15,17,33H,14H2,1-2H3,(H2,27,28,29)/t17-/m1/s1. The predicted molar refractivity (Wildman–Crippen MR) is 132 cm³/mol. The minimum absolute atomic E-state index is 0.109. The number of nitrogen functional groups attached to an aromatic ring is 1. The number of rotatable bonds is 3. The Labute approximate surface area is 195 Å². The molecule has 0 fully saturated rings. The largest absolute Gasteiger partial charge is 0.383 e. The van der Waals surface area contributed by atoms with Gasteiger partial charge in [0, 0.05) is 11.1 Å². The highest BCUT2D eigenvalue weighted by atomic mass is 16.3. The van der Waals surface area contributed by atoms with Crippen molar-refractivity contribution >= 4 is 27.6 Å². The summed E-state index contributed by atoms with van der Waals surface area (Å²) >= 11 is 0. The van der Waals surface area contributed by atoms with Crippen molar-refractivity contribution in [3.63, 3.8) is 0 Å². The molecule has 0 saturated carbocycles. The van der Waals surface area contributed by atoms with Gasteiger partial charge in [0.05, 0.1) is 17.6 Å². The Morgan fingerprint density at radius 2 is 1.88 bits per heavy atom. The summed E-state index contributed by atoms with van der Waals surface area (Å²) in [4.78, 5) is 22.1. The van der Waals surface area contributed by atoms with Crippen molar-refractivity contribution in [1.29, 1.82) is 0 Å². The second kappa shape index (κ2) is 8.46. The van der Waals surface area contributed by atoms with E-state index in [1.165, 1.54) is 6.33 Å². The van der Waals surface area contributed by atoms with Crippen LogP contribution in [0.2, 0.25) is 0 Å². The Hall–Kier alpha value is -4.48. The van der Waals surface area contributed by atoms with Crippen LogP contribution in [0, 0.1) is 18.8 Å². The van der Waals surface area contributed by atoms with E-state index >= 15 is 0 Å². The Bertz CT molecular complexity index is 1670. The number of nitrogens with zero attached hydrogens (tertiary/aromatic N) is 5. The lowest BCUT2D eigenvalue weighted by Crippen LogP contribution is -2.24. The molecule has 3 aromatic heterocycles. The number of hydrogen-bond donors (Lipinski definition) is 2. The average molecular weight is 451 g/mol. The van der Waals surface area contributed by atoms with Gasteiger partial charge in [0.2, 0.25) is 0 Å². The zero-order valence-electron chi connectivity index (χ0n) is 18.7. The van der Waals surface area contributed by atoms with Crippen LogP contribution in [0.25, 0.3) is 27.5 Å². The first-order chi connectivity index (χ1) is 16.4. The summed E-state index contributed by atoms with van der Waals surface area (Å²) in [5.74, 6) is 5.82. The highest BCUT2D eigenvalue weighted by Gasteiger charge is 2.18. The third-order valence-electron chi connectivity index (χ3n) is 5.63. The SMILES string of the molecule is Cc1ccccc1-n1c(Cn2nc(C#C[C@@H](C)O)c3c(N)ncnc32)cc2ccccc2c1=O. The fourth-order valence-electron chi connectivity index (χ4n) is 4.06. The third-order valence-corrected chi connectivity index (χ3v) is 5.63. The highest BCUT2D eigenvalue weighted by molar-refractivity contribution is 5.90. The van der Waals surface area contributed by atoms with Crippen molar-refractivity contribution in [1.82, 2.24) is 24.3 Å². The maximum Gasteiger partial charge on any atom is 0.263 e. The zero-order valence-corrected chi connectivity index (χ0v) is 18.7. The summed E-state index contributed by atoms with van der Waals surface area (Å²) in [6.07, 6.45) is 0.550. The molecular weight excluding hydrogens is 428 g/mol. The maximum atomic E-state index is 13.6. The molecule has 2 aromatic carbocycles. The van der Waals surface area contributed by atoms with Gasteiger partial charge in [0.25, 0.3) is 5.56 Å². The van der Waals surface area contributed by atoms with Crippen molar-refractivity contribution < 1.29 is 5.11 Å². The number of fused-ring (bicyclic) bond motifs is 2. The van der Waals surface area contributed by atoms with E-state index in [9.17, 15) is 9.90 Å². The Balaban J connectivity index is 1.77. The molecule has 8 nitrogen and oxygen atoms in total. The van der Waals surface area contributed by atoms with Gasteiger partial charge in [-0.2, -0.15) is 5.10 Å². The van der Waals surface area contributed by atoms with Crippen molar-refractivity contribution in [3.05, 3.63) is 88.2 Å². The van der Waals surface area contributed by atoms with Gasteiger partial charge in [0.15, 0.2) is 5.65 Å². The number of pyridine rings is 1. The smallest absolute Gasteiger partial charge is 0.263 e. The van der Waals surface area contributed by atoms with Crippen LogP contribution in [0.15, 0.2) is 65.7 Å². The average Bonchev–Trinajstić information content (AvgIpc) is 3.17. The molecule has 5 aromatic rings. The first-order valence-corrected chi connectivity index (χ1v) is 10.8. The molecule has 3 N–H and O–H groups in total. The third kappa shape index (κ3) is 3.68. The van der Waals surface area contributed by atoms with E-state index in [0.717, 1.165) is 22.3 Å². The molecule has 0 spiro atoms. The van der Waals surface area contributed by atoms with E-state index < -0.39 is 6.10 Å². The zero-order chi connectivity index (χ0) is 23.8. The molecule has 3 heterocycles. The molecule has 0 saturated heterocycles. The predicted octanol–water partition coefficient (Wildman–Crippen LogP) is 2.80.